The van der Waals surface area contributed by atoms with Crippen molar-refractivity contribution in [3.8, 4) is 11.1 Å². The van der Waals surface area contributed by atoms with Crippen molar-refractivity contribution < 1.29 is 4.39 Å². The first kappa shape index (κ1) is 19.3. The number of hydrogen-bond donors (Lipinski definition) is 1. The fourth-order valence-corrected chi connectivity index (χ4v) is 3.89. The van der Waals surface area contributed by atoms with Gasteiger partial charge in [-0.15, -0.1) is 0 Å². The summed E-state index contributed by atoms with van der Waals surface area (Å²) in [4.78, 5) is 16.7. The SMILES string of the molecule is CSNc1cc(-c2cc(C)c(=O)n(C)c2)cc2c1ncn2Cc1cccc(F)c1. The predicted octanol–water partition coefficient (Wildman–Crippen LogP) is 4.59. The molecular formula is C22H21FN4OS. The van der Waals surface area contributed by atoms with E-state index < -0.39 is 0 Å². The number of aromatic nitrogens is 3. The average Bonchev–Trinajstić information content (AvgIpc) is 3.09. The largest absolute Gasteiger partial charge is 0.328 e. The summed E-state index contributed by atoms with van der Waals surface area (Å²) in [7, 11) is 1.76. The summed E-state index contributed by atoms with van der Waals surface area (Å²) < 4.78 is 20.5. The molecule has 0 atom stereocenters. The molecule has 0 amide bonds. The van der Waals surface area contributed by atoms with Crippen LogP contribution in [0.4, 0.5) is 10.1 Å². The van der Waals surface area contributed by atoms with Gasteiger partial charge < -0.3 is 13.9 Å². The Hall–Kier alpha value is -3.06. The van der Waals surface area contributed by atoms with Crippen LogP contribution in [0.3, 0.4) is 0 Å². The number of nitrogens with zero attached hydrogens (tertiary/aromatic N) is 3. The second kappa shape index (κ2) is 7.75. The molecule has 0 aliphatic carbocycles. The summed E-state index contributed by atoms with van der Waals surface area (Å²) >= 11 is 1.49. The average molecular weight is 409 g/mol. The van der Waals surface area contributed by atoms with Crippen LogP contribution >= 0.6 is 11.9 Å². The third-order valence-electron chi connectivity index (χ3n) is 4.88. The molecular weight excluding hydrogens is 387 g/mol. The lowest BCUT2D eigenvalue weighted by Gasteiger charge is -2.12. The molecule has 2 aromatic heterocycles. The number of fused-ring (bicyclic) bond motifs is 1. The Balaban J connectivity index is 1.87. The summed E-state index contributed by atoms with van der Waals surface area (Å²) in [5, 5.41) is 0. The zero-order valence-corrected chi connectivity index (χ0v) is 17.3. The van der Waals surface area contributed by atoms with Gasteiger partial charge >= 0.3 is 0 Å². The highest BCUT2D eigenvalue weighted by molar-refractivity contribution is 7.99. The lowest BCUT2D eigenvalue weighted by atomic mass is 10.0. The molecule has 148 valence electrons. The first-order valence-electron chi connectivity index (χ1n) is 9.16. The van der Waals surface area contributed by atoms with Crippen molar-refractivity contribution in [2.75, 3.05) is 11.0 Å². The maximum atomic E-state index is 13.6. The third-order valence-corrected chi connectivity index (χ3v) is 5.30. The lowest BCUT2D eigenvalue weighted by molar-refractivity contribution is 0.624. The lowest BCUT2D eigenvalue weighted by Crippen LogP contribution is -2.18. The quantitative estimate of drug-likeness (QED) is 0.491. The van der Waals surface area contributed by atoms with Crippen molar-refractivity contribution in [1.82, 2.24) is 14.1 Å². The summed E-state index contributed by atoms with van der Waals surface area (Å²) in [6.45, 7) is 2.34. The fraction of sp³-hybridized carbons (Fsp3) is 0.182. The number of halogens is 1. The molecule has 0 saturated heterocycles. The van der Waals surface area contributed by atoms with Crippen molar-refractivity contribution in [2.24, 2.45) is 7.05 Å². The normalized spacial score (nSPS) is 11.2. The fourth-order valence-electron chi connectivity index (χ4n) is 3.51. The van der Waals surface area contributed by atoms with E-state index in [1.807, 2.05) is 42.1 Å². The second-order valence-corrected chi connectivity index (χ2v) is 7.64. The van der Waals surface area contributed by atoms with Gasteiger partial charge in [-0.2, -0.15) is 0 Å². The highest BCUT2D eigenvalue weighted by Crippen LogP contribution is 2.32. The Morgan fingerprint density at radius 1 is 1.17 bits per heavy atom. The van der Waals surface area contributed by atoms with Crippen LogP contribution in [0.25, 0.3) is 22.2 Å². The van der Waals surface area contributed by atoms with Gasteiger partial charge in [0.15, 0.2) is 0 Å². The van der Waals surface area contributed by atoms with Crippen LogP contribution in [-0.2, 0) is 13.6 Å². The molecule has 0 fully saturated rings. The molecule has 2 aromatic carbocycles. The number of imidazole rings is 1. The molecule has 0 radical (unpaired) electrons. The molecule has 5 nitrogen and oxygen atoms in total. The zero-order chi connectivity index (χ0) is 20.5. The number of aryl methyl sites for hydroxylation is 2. The number of hydrogen-bond acceptors (Lipinski definition) is 4. The van der Waals surface area contributed by atoms with Gasteiger partial charge in [0.1, 0.15) is 11.3 Å². The third kappa shape index (κ3) is 3.78. The van der Waals surface area contributed by atoms with Crippen molar-refractivity contribution in [3.05, 3.63) is 82.3 Å². The van der Waals surface area contributed by atoms with Crippen LogP contribution in [0.5, 0.6) is 0 Å². The van der Waals surface area contributed by atoms with Gasteiger partial charge in [-0.05, 0) is 53.9 Å². The van der Waals surface area contributed by atoms with E-state index in [0.717, 1.165) is 33.4 Å². The molecule has 0 aliphatic rings. The minimum atomic E-state index is -0.252. The molecule has 2 heterocycles. The Bertz CT molecular complexity index is 1240. The van der Waals surface area contributed by atoms with Crippen LogP contribution in [-0.4, -0.2) is 20.4 Å². The van der Waals surface area contributed by atoms with Crippen molar-refractivity contribution >= 4 is 28.7 Å². The molecule has 1 N–H and O–H groups in total. The summed E-state index contributed by atoms with van der Waals surface area (Å²) in [6, 6.07) is 12.6. The summed E-state index contributed by atoms with van der Waals surface area (Å²) in [6.07, 6.45) is 5.57. The Labute approximate surface area is 172 Å². The van der Waals surface area contributed by atoms with E-state index in [1.54, 1.807) is 24.0 Å². The summed E-state index contributed by atoms with van der Waals surface area (Å²) in [5.41, 5.74) is 6.17. The highest BCUT2D eigenvalue weighted by Gasteiger charge is 2.13. The van der Waals surface area contributed by atoms with E-state index >= 15 is 0 Å². The molecule has 4 rings (SSSR count). The molecule has 0 saturated carbocycles. The van der Waals surface area contributed by atoms with E-state index in [0.29, 0.717) is 12.1 Å². The molecule has 29 heavy (non-hydrogen) atoms. The Morgan fingerprint density at radius 3 is 2.72 bits per heavy atom. The number of pyridine rings is 1. The minimum absolute atomic E-state index is 0.00608. The number of anilines is 1. The topological polar surface area (TPSA) is 51.9 Å². The summed E-state index contributed by atoms with van der Waals surface area (Å²) in [5.74, 6) is -0.252. The number of benzene rings is 2. The van der Waals surface area contributed by atoms with Crippen molar-refractivity contribution in [3.63, 3.8) is 0 Å². The molecule has 7 heteroatoms. The monoisotopic (exact) mass is 408 g/mol. The molecule has 0 unspecified atom stereocenters. The van der Waals surface area contributed by atoms with Gasteiger partial charge in [0.25, 0.3) is 5.56 Å². The maximum Gasteiger partial charge on any atom is 0.253 e. The standard InChI is InChI=1S/C22H21FN4OS/c1-14-7-17(12-26(2)22(14)28)16-9-19(25-29-3)21-20(10-16)27(13-24-21)11-15-5-4-6-18(23)8-15/h4-10,12-13,25H,11H2,1-3H3. The molecule has 4 aromatic rings. The van der Waals surface area contributed by atoms with Crippen LogP contribution in [0.2, 0.25) is 0 Å². The first-order valence-corrected chi connectivity index (χ1v) is 10.4. The van der Waals surface area contributed by atoms with E-state index in [9.17, 15) is 9.18 Å². The smallest absolute Gasteiger partial charge is 0.253 e. The van der Waals surface area contributed by atoms with E-state index in [4.69, 9.17) is 0 Å². The van der Waals surface area contributed by atoms with Gasteiger partial charge in [-0.1, -0.05) is 24.1 Å². The van der Waals surface area contributed by atoms with Gasteiger partial charge in [0, 0.05) is 31.6 Å². The van der Waals surface area contributed by atoms with E-state index in [-0.39, 0.29) is 11.4 Å². The van der Waals surface area contributed by atoms with Gasteiger partial charge in [0.05, 0.1) is 17.5 Å². The molecule has 0 bridgehead atoms. The van der Waals surface area contributed by atoms with E-state index in [2.05, 4.69) is 15.8 Å². The zero-order valence-electron chi connectivity index (χ0n) is 16.4. The maximum absolute atomic E-state index is 13.6. The van der Waals surface area contributed by atoms with E-state index in [1.165, 1.54) is 24.1 Å². The van der Waals surface area contributed by atoms with Crippen LogP contribution < -0.4 is 10.3 Å². The van der Waals surface area contributed by atoms with Crippen LogP contribution in [0.1, 0.15) is 11.1 Å². The Kier molecular flexibility index (Phi) is 5.15. The Morgan fingerprint density at radius 2 is 2.00 bits per heavy atom. The van der Waals surface area contributed by atoms with Gasteiger partial charge in [-0.25, -0.2) is 9.37 Å². The van der Waals surface area contributed by atoms with Crippen molar-refractivity contribution in [1.29, 1.82) is 0 Å². The van der Waals surface area contributed by atoms with Crippen molar-refractivity contribution in [2.45, 2.75) is 13.5 Å². The van der Waals surface area contributed by atoms with Crippen LogP contribution in [0.15, 0.2) is 59.8 Å². The molecule has 0 spiro atoms. The van der Waals surface area contributed by atoms with Crippen LogP contribution in [0, 0.1) is 12.7 Å². The number of rotatable bonds is 5. The molecule has 0 aliphatic heterocycles. The second-order valence-electron chi connectivity index (χ2n) is 7.03. The predicted molar refractivity (Wildman–Crippen MR) is 118 cm³/mol. The minimum Gasteiger partial charge on any atom is -0.328 e. The van der Waals surface area contributed by atoms with Gasteiger partial charge in [0.2, 0.25) is 0 Å². The van der Waals surface area contributed by atoms with Gasteiger partial charge in [-0.3, -0.25) is 4.79 Å². The highest BCUT2D eigenvalue weighted by atomic mass is 32.2. The first-order chi connectivity index (χ1) is 14.0. The number of nitrogens with one attached hydrogen (secondary N) is 1.